The molecular weight excluding hydrogens is 238 g/mol. The number of aromatic nitrogens is 1. The molecule has 0 aromatic carbocycles. The topological polar surface area (TPSA) is 41.3 Å². The molecule has 0 atom stereocenters. The summed E-state index contributed by atoms with van der Waals surface area (Å²) >= 11 is 0. The summed E-state index contributed by atoms with van der Waals surface area (Å²) in [7, 11) is 2.04. The van der Waals surface area contributed by atoms with Crippen LogP contribution in [0.5, 0.6) is 0 Å². The largest absolute Gasteiger partial charge is 0.472 e. The summed E-state index contributed by atoms with van der Waals surface area (Å²) in [5, 5.41) is 3.40. The highest BCUT2D eigenvalue weighted by Gasteiger charge is 2.05. The first kappa shape index (κ1) is 13.6. The standard InChI is InChI=1S/C15H21N3O/c1-3-6-16-10-13-4-7-17-15(9-13)18(2)11-14-5-8-19-12-14/h4-5,7-9,12,16H,3,6,10-11H2,1-2H3. The number of hydrogen-bond donors (Lipinski definition) is 1. The minimum atomic E-state index is 0.801. The third-order valence-electron chi connectivity index (χ3n) is 2.96. The van der Waals surface area contributed by atoms with E-state index in [9.17, 15) is 0 Å². The molecule has 0 aliphatic rings. The number of nitrogens with one attached hydrogen (secondary N) is 1. The summed E-state index contributed by atoms with van der Waals surface area (Å²) in [6, 6.07) is 6.16. The Hall–Kier alpha value is -1.81. The third-order valence-corrected chi connectivity index (χ3v) is 2.96. The monoisotopic (exact) mass is 259 g/mol. The smallest absolute Gasteiger partial charge is 0.128 e. The van der Waals surface area contributed by atoms with Crippen LogP contribution in [0.15, 0.2) is 41.3 Å². The quantitative estimate of drug-likeness (QED) is 0.776. The Morgan fingerprint density at radius 2 is 2.21 bits per heavy atom. The second-order valence-corrected chi connectivity index (χ2v) is 4.69. The summed E-state index contributed by atoms with van der Waals surface area (Å²) in [4.78, 5) is 6.53. The summed E-state index contributed by atoms with van der Waals surface area (Å²) in [6.07, 6.45) is 6.48. The van der Waals surface area contributed by atoms with Crippen molar-refractivity contribution in [2.45, 2.75) is 26.4 Å². The van der Waals surface area contributed by atoms with Crippen molar-refractivity contribution < 1.29 is 4.42 Å². The second kappa shape index (κ2) is 6.95. The van der Waals surface area contributed by atoms with Gasteiger partial charge in [0.05, 0.1) is 12.5 Å². The molecule has 0 radical (unpaired) electrons. The molecule has 0 saturated heterocycles. The maximum absolute atomic E-state index is 5.08. The van der Waals surface area contributed by atoms with Crippen molar-refractivity contribution in [1.82, 2.24) is 10.3 Å². The van der Waals surface area contributed by atoms with E-state index in [0.717, 1.165) is 37.4 Å². The molecule has 0 aliphatic carbocycles. The fourth-order valence-corrected chi connectivity index (χ4v) is 1.93. The Morgan fingerprint density at radius 1 is 1.32 bits per heavy atom. The fourth-order valence-electron chi connectivity index (χ4n) is 1.93. The molecule has 2 aromatic rings. The van der Waals surface area contributed by atoms with Gasteiger partial charge in [0.25, 0.3) is 0 Å². The van der Waals surface area contributed by atoms with Gasteiger partial charge in [-0.05, 0) is 36.7 Å². The fraction of sp³-hybridized carbons (Fsp3) is 0.400. The summed E-state index contributed by atoms with van der Waals surface area (Å²) in [6.45, 7) is 4.91. The van der Waals surface area contributed by atoms with Crippen molar-refractivity contribution >= 4 is 5.82 Å². The van der Waals surface area contributed by atoms with Crippen molar-refractivity contribution in [3.05, 3.63) is 48.0 Å². The lowest BCUT2D eigenvalue weighted by Gasteiger charge is -2.18. The molecule has 102 valence electrons. The first-order chi connectivity index (χ1) is 9.29. The SMILES string of the molecule is CCCNCc1ccnc(N(C)Cc2ccoc2)c1. The molecule has 0 spiro atoms. The van der Waals surface area contributed by atoms with Crippen LogP contribution in [0.3, 0.4) is 0 Å². The number of furan rings is 1. The molecule has 2 aromatic heterocycles. The highest BCUT2D eigenvalue weighted by Crippen LogP contribution is 2.14. The Morgan fingerprint density at radius 3 is 2.95 bits per heavy atom. The van der Waals surface area contributed by atoms with E-state index >= 15 is 0 Å². The lowest BCUT2D eigenvalue weighted by Crippen LogP contribution is -2.18. The molecule has 4 nitrogen and oxygen atoms in total. The van der Waals surface area contributed by atoms with Crippen molar-refractivity contribution in [1.29, 1.82) is 0 Å². The van der Waals surface area contributed by atoms with E-state index in [-0.39, 0.29) is 0 Å². The number of pyridine rings is 1. The summed E-state index contributed by atoms with van der Waals surface area (Å²) in [5.74, 6) is 0.983. The van der Waals surface area contributed by atoms with Gasteiger partial charge in [-0.25, -0.2) is 4.98 Å². The van der Waals surface area contributed by atoms with Crippen molar-refractivity contribution in [3.63, 3.8) is 0 Å². The van der Waals surface area contributed by atoms with Crippen LogP contribution < -0.4 is 10.2 Å². The average Bonchev–Trinajstić information content (AvgIpc) is 2.92. The predicted octanol–water partition coefficient (Wildman–Crippen LogP) is 2.81. The van der Waals surface area contributed by atoms with Gasteiger partial charge in [0.15, 0.2) is 0 Å². The lowest BCUT2D eigenvalue weighted by molar-refractivity contribution is 0.563. The van der Waals surface area contributed by atoms with Gasteiger partial charge in [0.2, 0.25) is 0 Å². The average molecular weight is 259 g/mol. The number of anilines is 1. The van der Waals surface area contributed by atoms with Crippen LogP contribution in [0.25, 0.3) is 0 Å². The Bertz CT molecular complexity index is 482. The van der Waals surface area contributed by atoms with Gasteiger partial charge in [-0.2, -0.15) is 0 Å². The molecule has 0 fully saturated rings. The van der Waals surface area contributed by atoms with Crippen LogP contribution in [0.4, 0.5) is 5.82 Å². The predicted molar refractivity (Wildman–Crippen MR) is 77.0 cm³/mol. The number of nitrogens with zero attached hydrogens (tertiary/aromatic N) is 2. The molecular formula is C15H21N3O. The number of hydrogen-bond acceptors (Lipinski definition) is 4. The van der Waals surface area contributed by atoms with E-state index in [1.807, 2.05) is 19.3 Å². The van der Waals surface area contributed by atoms with E-state index in [1.54, 1.807) is 12.5 Å². The van der Waals surface area contributed by atoms with Gasteiger partial charge in [0.1, 0.15) is 5.82 Å². The molecule has 0 saturated carbocycles. The Labute approximate surface area is 114 Å². The molecule has 0 aliphatic heterocycles. The number of rotatable bonds is 7. The first-order valence-corrected chi connectivity index (χ1v) is 6.67. The molecule has 1 N–H and O–H groups in total. The Balaban J connectivity index is 1.97. The van der Waals surface area contributed by atoms with E-state index in [0.29, 0.717) is 0 Å². The van der Waals surface area contributed by atoms with Gasteiger partial charge in [-0.15, -0.1) is 0 Å². The lowest BCUT2D eigenvalue weighted by atomic mass is 10.2. The van der Waals surface area contributed by atoms with Crippen molar-refractivity contribution in [3.8, 4) is 0 Å². The van der Waals surface area contributed by atoms with E-state index in [2.05, 4.69) is 34.3 Å². The van der Waals surface area contributed by atoms with Gasteiger partial charge in [0, 0.05) is 31.9 Å². The molecule has 0 amide bonds. The van der Waals surface area contributed by atoms with Crippen molar-refractivity contribution in [2.24, 2.45) is 0 Å². The maximum atomic E-state index is 5.08. The van der Waals surface area contributed by atoms with Crippen LogP contribution >= 0.6 is 0 Å². The zero-order valence-corrected chi connectivity index (χ0v) is 11.6. The molecule has 4 heteroatoms. The van der Waals surface area contributed by atoms with Gasteiger partial charge in [-0.1, -0.05) is 6.92 Å². The zero-order valence-electron chi connectivity index (χ0n) is 11.6. The van der Waals surface area contributed by atoms with E-state index in [4.69, 9.17) is 4.42 Å². The van der Waals surface area contributed by atoms with E-state index < -0.39 is 0 Å². The zero-order chi connectivity index (χ0) is 13.5. The first-order valence-electron chi connectivity index (χ1n) is 6.67. The molecule has 2 heterocycles. The van der Waals surface area contributed by atoms with Crippen LogP contribution in [-0.2, 0) is 13.1 Å². The molecule has 0 unspecified atom stereocenters. The van der Waals surface area contributed by atoms with Gasteiger partial charge >= 0.3 is 0 Å². The summed E-state index contributed by atoms with van der Waals surface area (Å²) < 4.78 is 5.08. The van der Waals surface area contributed by atoms with E-state index in [1.165, 1.54) is 5.56 Å². The van der Waals surface area contributed by atoms with Gasteiger partial charge < -0.3 is 14.6 Å². The highest BCUT2D eigenvalue weighted by atomic mass is 16.3. The summed E-state index contributed by atoms with van der Waals surface area (Å²) in [5.41, 5.74) is 2.41. The normalized spacial score (nSPS) is 10.6. The maximum Gasteiger partial charge on any atom is 0.128 e. The third kappa shape index (κ3) is 4.10. The minimum absolute atomic E-state index is 0.801. The Kier molecular flexibility index (Phi) is 4.98. The van der Waals surface area contributed by atoms with Crippen LogP contribution in [0.2, 0.25) is 0 Å². The minimum Gasteiger partial charge on any atom is -0.472 e. The van der Waals surface area contributed by atoms with Crippen LogP contribution in [0, 0.1) is 0 Å². The molecule has 0 bridgehead atoms. The molecule has 2 rings (SSSR count). The van der Waals surface area contributed by atoms with Crippen LogP contribution in [0.1, 0.15) is 24.5 Å². The highest BCUT2D eigenvalue weighted by molar-refractivity contribution is 5.40. The van der Waals surface area contributed by atoms with Crippen LogP contribution in [-0.4, -0.2) is 18.6 Å². The van der Waals surface area contributed by atoms with Crippen molar-refractivity contribution in [2.75, 3.05) is 18.5 Å². The second-order valence-electron chi connectivity index (χ2n) is 4.69. The van der Waals surface area contributed by atoms with Gasteiger partial charge in [-0.3, -0.25) is 0 Å². The molecule has 19 heavy (non-hydrogen) atoms.